The summed E-state index contributed by atoms with van der Waals surface area (Å²) in [4.78, 5) is 14.4. The molecule has 0 aromatic carbocycles. The van der Waals surface area contributed by atoms with Crippen LogP contribution in [-0.2, 0) is 7.05 Å². The van der Waals surface area contributed by atoms with Crippen molar-refractivity contribution >= 4 is 5.91 Å². The van der Waals surface area contributed by atoms with E-state index in [2.05, 4.69) is 12.0 Å². The predicted octanol–water partition coefficient (Wildman–Crippen LogP) is 2.61. The van der Waals surface area contributed by atoms with Crippen molar-refractivity contribution in [1.82, 2.24) is 14.7 Å². The van der Waals surface area contributed by atoms with Crippen LogP contribution in [0.25, 0.3) is 0 Å². The van der Waals surface area contributed by atoms with E-state index in [1.165, 1.54) is 5.56 Å². The zero-order chi connectivity index (χ0) is 14.3. The maximum Gasteiger partial charge on any atom is 0.290 e. The van der Waals surface area contributed by atoms with Crippen molar-refractivity contribution in [1.29, 1.82) is 0 Å². The molecule has 3 rings (SSSR count). The Balaban J connectivity index is 1.95. The number of aromatic nitrogens is 2. The lowest BCUT2D eigenvalue weighted by Crippen LogP contribution is -2.30. The lowest BCUT2D eigenvalue weighted by Gasteiger charge is -2.24. The molecule has 5 nitrogen and oxygen atoms in total. The highest BCUT2D eigenvalue weighted by atomic mass is 16.3. The Bertz CT molecular complexity index is 628. The van der Waals surface area contributed by atoms with Crippen LogP contribution >= 0.6 is 0 Å². The molecule has 1 aliphatic rings. The summed E-state index contributed by atoms with van der Waals surface area (Å²) >= 11 is 0. The highest BCUT2D eigenvalue weighted by Crippen LogP contribution is 2.36. The average Bonchev–Trinajstić information content (AvgIpc) is 3.12. The van der Waals surface area contributed by atoms with Gasteiger partial charge in [0.1, 0.15) is 0 Å². The van der Waals surface area contributed by atoms with Crippen LogP contribution in [-0.4, -0.2) is 27.1 Å². The second-order valence-electron chi connectivity index (χ2n) is 5.34. The Morgan fingerprint density at radius 3 is 2.85 bits per heavy atom. The van der Waals surface area contributed by atoms with Gasteiger partial charge in [-0.15, -0.1) is 0 Å². The van der Waals surface area contributed by atoms with Gasteiger partial charge >= 0.3 is 0 Å². The molecule has 20 heavy (non-hydrogen) atoms. The molecule has 0 aliphatic carbocycles. The topological polar surface area (TPSA) is 51.3 Å². The van der Waals surface area contributed by atoms with E-state index >= 15 is 0 Å². The summed E-state index contributed by atoms with van der Waals surface area (Å²) in [6, 6.07) is 3.58. The number of rotatable bonds is 2. The third-order valence-electron chi connectivity index (χ3n) is 4.14. The zero-order valence-corrected chi connectivity index (χ0v) is 12.1. The van der Waals surface area contributed by atoms with Gasteiger partial charge < -0.3 is 9.32 Å². The fraction of sp³-hybridized carbons (Fsp3) is 0.467. The predicted molar refractivity (Wildman–Crippen MR) is 74.4 cm³/mol. The van der Waals surface area contributed by atoms with Gasteiger partial charge in [-0.2, -0.15) is 5.10 Å². The lowest BCUT2D eigenvalue weighted by atomic mass is 10.0. The SMILES string of the molecule is Cc1nn(C)c(C)c1C1CCCN1C(=O)c1ccco1. The van der Waals surface area contributed by atoms with E-state index in [1.807, 2.05) is 23.6 Å². The third-order valence-corrected chi connectivity index (χ3v) is 4.14. The van der Waals surface area contributed by atoms with Crippen LogP contribution in [0.15, 0.2) is 22.8 Å². The van der Waals surface area contributed by atoms with Crippen LogP contribution in [0.2, 0.25) is 0 Å². The minimum absolute atomic E-state index is 0.0276. The minimum atomic E-state index is -0.0276. The Kier molecular flexibility index (Phi) is 3.12. The van der Waals surface area contributed by atoms with E-state index in [-0.39, 0.29) is 11.9 Å². The van der Waals surface area contributed by atoms with Crippen molar-refractivity contribution in [2.24, 2.45) is 7.05 Å². The van der Waals surface area contributed by atoms with Gasteiger partial charge in [0.2, 0.25) is 0 Å². The largest absolute Gasteiger partial charge is 0.459 e. The summed E-state index contributed by atoms with van der Waals surface area (Å²) in [7, 11) is 1.94. The van der Waals surface area contributed by atoms with Crippen molar-refractivity contribution in [3.63, 3.8) is 0 Å². The molecular formula is C15H19N3O2. The molecule has 0 radical (unpaired) electrons. The van der Waals surface area contributed by atoms with Gasteiger partial charge in [-0.1, -0.05) is 0 Å². The second-order valence-corrected chi connectivity index (χ2v) is 5.34. The molecule has 0 bridgehead atoms. The molecule has 2 aromatic heterocycles. The molecule has 0 spiro atoms. The van der Waals surface area contributed by atoms with Gasteiger partial charge in [0, 0.05) is 24.8 Å². The Morgan fingerprint density at radius 1 is 1.45 bits per heavy atom. The molecule has 1 unspecified atom stereocenters. The number of likely N-dealkylation sites (tertiary alicyclic amines) is 1. The first kappa shape index (κ1) is 13.0. The van der Waals surface area contributed by atoms with E-state index < -0.39 is 0 Å². The van der Waals surface area contributed by atoms with Gasteiger partial charge in [0.15, 0.2) is 5.76 Å². The molecule has 1 fully saturated rings. The Hall–Kier alpha value is -2.04. The molecule has 1 atom stereocenters. The van der Waals surface area contributed by atoms with E-state index in [0.29, 0.717) is 5.76 Å². The maximum atomic E-state index is 12.5. The lowest BCUT2D eigenvalue weighted by molar-refractivity contribution is 0.0702. The molecule has 0 N–H and O–H groups in total. The van der Waals surface area contributed by atoms with E-state index in [9.17, 15) is 4.79 Å². The fourth-order valence-electron chi connectivity index (χ4n) is 3.12. The summed E-state index contributed by atoms with van der Waals surface area (Å²) < 4.78 is 7.13. The number of carbonyl (C=O) groups is 1. The summed E-state index contributed by atoms with van der Waals surface area (Å²) in [5.41, 5.74) is 3.32. The first-order valence-corrected chi connectivity index (χ1v) is 6.94. The van der Waals surface area contributed by atoms with Crippen LogP contribution in [0.1, 0.15) is 46.4 Å². The molecule has 1 saturated heterocycles. The van der Waals surface area contributed by atoms with Crippen molar-refractivity contribution in [3.8, 4) is 0 Å². The zero-order valence-electron chi connectivity index (χ0n) is 12.1. The number of hydrogen-bond acceptors (Lipinski definition) is 3. The number of aryl methyl sites for hydroxylation is 2. The van der Waals surface area contributed by atoms with Crippen molar-refractivity contribution in [2.45, 2.75) is 32.7 Å². The van der Waals surface area contributed by atoms with Gasteiger partial charge in [0.25, 0.3) is 5.91 Å². The average molecular weight is 273 g/mol. The highest BCUT2D eigenvalue weighted by Gasteiger charge is 2.34. The maximum absolute atomic E-state index is 12.5. The van der Waals surface area contributed by atoms with Gasteiger partial charge in [-0.05, 0) is 38.8 Å². The summed E-state index contributed by atoms with van der Waals surface area (Å²) in [6.45, 7) is 4.84. The molecule has 2 aromatic rings. The molecule has 106 valence electrons. The van der Waals surface area contributed by atoms with Crippen LogP contribution in [0, 0.1) is 13.8 Å². The second kappa shape index (κ2) is 4.81. The summed E-state index contributed by atoms with van der Waals surface area (Å²) in [5.74, 6) is 0.385. The monoisotopic (exact) mass is 273 g/mol. The molecule has 5 heteroatoms. The van der Waals surface area contributed by atoms with Gasteiger partial charge in [-0.3, -0.25) is 9.48 Å². The number of amides is 1. The number of hydrogen-bond donors (Lipinski definition) is 0. The van der Waals surface area contributed by atoms with Crippen molar-refractivity contribution in [2.75, 3.05) is 6.54 Å². The molecule has 1 amide bonds. The van der Waals surface area contributed by atoms with Crippen LogP contribution < -0.4 is 0 Å². The molecule has 1 aliphatic heterocycles. The first-order valence-electron chi connectivity index (χ1n) is 6.94. The number of carbonyl (C=O) groups excluding carboxylic acids is 1. The molecular weight excluding hydrogens is 254 g/mol. The van der Waals surface area contributed by atoms with Gasteiger partial charge in [-0.25, -0.2) is 0 Å². The van der Waals surface area contributed by atoms with Crippen LogP contribution in [0.4, 0.5) is 0 Å². The standard InChI is InChI=1S/C15H19N3O2/c1-10-14(11(2)17(3)16-10)12-6-4-8-18(12)15(19)13-7-5-9-20-13/h5,7,9,12H,4,6,8H2,1-3H3. The third kappa shape index (κ3) is 1.94. The number of furan rings is 1. The summed E-state index contributed by atoms with van der Waals surface area (Å²) in [5, 5.41) is 4.47. The Labute approximate surface area is 118 Å². The quantitative estimate of drug-likeness (QED) is 0.845. The van der Waals surface area contributed by atoms with Crippen LogP contribution in [0.5, 0.6) is 0 Å². The van der Waals surface area contributed by atoms with Crippen molar-refractivity contribution < 1.29 is 9.21 Å². The Morgan fingerprint density at radius 2 is 2.25 bits per heavy atom. The first-order chi connectivity index (χ1) is 9.59. The van der Waals surface area contributed by atoms with Crippen LogP contribution in [0.3, 0.4) is 0 Å². The fourth-order valence-corrected chi connectivity index (χ4v) is 3.12. The van der Waals surface area contributed by atoms with E-state index in [4.69, 9.17) is 4.42 Å². The minimum Gasteiger partial charge on any atom is -0.459 e. The van der Waals surface area contributed by atoms with Gasteiger partial charge in [0.05, 0.1) is 18.0 Å². The molecule has 0 saturated carbocycles. The normalized spacial score (nSPS) is 18.8. The van der Waals surface area contributed by atoms with E-state index in [0.717, 1.165) is 30.8 Å². The van der Waals surface area contributed by atoms with Crippen molar-refractivity contribution in [3.05, 3.63) is 41.1 Å². The molecule has 3 heterocycles. The van der Waals surface area contributed by atoms with E-state index in [1.54, 1.807) is 18.4 Å². The summed E-state index contributed by atoms with van der Waals surface area (Å²) in [6.07, 6.45) is 3.55. The highest BCUT2D eigenvalue weighted by molar-refractivity contribution is 5.92. The smallest absolute Gasteiger partial charge is 0.290 e. The number of nitrogens with zero attached hydrogens (tertiary/aromatic N) is 3.